The Morgan fingerprint density at radius 1 is 1.40 bits per heavy atom. The van der Waals surface area contributed by atoms with Crippen molar-refractivity contribution in [1.82, 2.24) is 0 Å². The molecule has 27 valence electrons. The van der Waals surface area contributed by atoms with E-state index in [1.807, 2.05) is 0 Å². The van der Waals surface area contributed by atoms with Gasteiger partial charge >= 0.3 is 71.9 Å². The summed E-state index contributed by atoms with van der Waals surface area (Å²) in [5.41, 5.74) is 0. The average Bonchev–Trinajstić information content (AvgIpc) is 1.50. The molecule has 0 aromatic carbocycles. The van der Waals surface area contributed by atoms with Gasteiger partial charge < -0.3 is 1.43 Å². The molecule has 0 bridgehead atoms. The summed E-state index contributed by atoms with van der Waals surface area (Å²) in [7, 11) is 0. The van der Waals surface area contributed by atoms with Gasteiger partial charge in [-0.1, -0.05) is 0 Å². The molecule has 0 aromatic heterocycles. The summed E-state index contributed by atoms with van der Waals surface area (Å²) < 4.78 is 16.5. The van der Waals surface area contributed by atoms with Gasteiger partial charge in [-0.25, -0.2) is 0 Å². The van der Waals surface area contributed by atoms with Crippen LogP contribution in [0.2, 0.25) is 0 Å². The number of hydrogen-bond donors (Lipinski definition) is 0. The molecule has 0 heterocycles. The van der Waals surface area contributed by atoms with Gasteiger partial charge in [-0.05, 0) is 0 Å². The van der Waals surface area contributed by atoms with Crippen LogP contribution >= 0.6 is 0 Å². The van der Waals surface area contributed by atoms with Crippen LogP contribution in [0.25, 0.3) is 0 Å². The van der Waals surface area contributed by atoms with Crippen molar-refractivity contribution in [3.8, 4) is 0 Å². The fourth-order valence-electron chi connectivity index (χ4n) is 0. The van der Waals surface area contributed by atoms with Crippen molar-refractivity contribution < 1.29 is 73.4 Å². The SMILES string of the molecule is [H-].[Li+].[O]=[Ag].[O]=[Hg]. The van der Waals surface area contributed by atoms with E-state index in [-0.39, 0.29) is 46.4 Å². The predicted molar refractivity (Wildman–Crippen MR) is 2.49 cm³/mol. The average molecular weight is 348 g/mol. The first kappa shape index (κ1) is 15.8. The molecule has 0 saturated carbocycles. The summed E-state index contributed by atoms with van der Waals surface area (Å²) in [6, 6.07) is 0. The summed E-state index contributed by atoms with van der Waals surface area (Å²) >= 11 is 1.48. The van der Waals surface area contributed by atoms with Crippen LogP contribution in [-0.4, -0.2) is 0 Å². The van der Waals surface area contributed by atoms with E-state index in [2.05, 4.69) is 0 Å². The monoisotopic (exact) mass is 349 g/mol. The van der Waals surface area contributed by atoms with Crippen LogP contribution in [0.4, 0.5) is 0 Å². The maximum absolute atomic E-state index is 8.44. The zero-order chi connectivity index (χ0) is 4.00. The third-order valence-electron chi connectivity index (χ3n) is 0. The van der Waals surface area contributed by atoms with E-state index in [1.165, 1.54) is 0 Å². The number of hydrogen-bond acceptors (Lipinski definition) is 2. The molecule has 0 aliphatic carbocycles. The zero-order valence-corrected chi connectivity index (χ0v) is 9.81. The molecule has 0 aliphatic rings. The van der Waals surface area contributed by atoms with E-state index in [1.54, 1.807) is 21.0 Å². The molecule has 0 fully saturated rings. The van der Waals surface area contributed by atoms with Gasteiger partial charge in [-0.3, -0.25) is 0 Å². The fraction of sp³-hybridized carbons (Fsp3) is 0. The van der Waals surface area contributed by atoms with Crippen molar-refractivity contribution in [2.75, 3.05) is 0 Å². The van der Waals surface area contributed by atoms with Crippen LogP contribution in [0.5, 0.6) is 0 Å². The minimum absolute atomic E-state index is 0. The molecule has 0 aliphatic heterocycles. The Bertz CT molecular complexity index is 15.5. The van der Waals surface area contributed by atoms with Crippen LogP contribution in [0, 0.1) is 0 Å². The molecule has 0 unspecified atom stereocenters. The molecule has 0 atom stereocenters. The van der Waals surface area contributed by atoms with Gasteiger partial charge in [-0.2, -0.15) is 0 Å². The Hall–Kier alpha value is 1.87. The molecule has 0 saturated heterocycles. The second kappa shape index (κ2) is 39.8. The molecule has 5 heteroatoms. The van der Waals surface area contributed by atoms with E-state index in [4.69, 9.17) is 5.89 Å². The van der Waals surface area contributed by atoms with Gasteiger partial charge in [0.1, 0.15) is 0 Å². The first-order chi connectivity index (χ1) is 2.00. The summed E-state index contributed by atoms with van der Waals surface area (Å²) in [6.45, 7) is 0. The molecule has 0 spiro atoms. The summed E-state index contributed by atoms with van der Waals surface area (Å²) in [5.74, 6) is 0. The molecular formula is HAgHgLiO2. The van der Waals surface area contributed by atoms with Gasteiger partial charge in [-0.15, -0.1) is 0 Å². The van der Waals surface area contributed by atoms with E-state index in [0.29, 0.717) is 0 Å². The minimum atomic E-state index is -0.222. The second-order valence-electron chi connectivity index (χ2n) is 0. The van der Waals surface area contributed by atoms with Gasteiger partial charge in [0.05, 0.1) is 0 Å². The molecular weight excluding hydrogens is 347 g/mol. The Labute approximate surface area is 72.4 Å². The Morgan fingerprint density at radius 2 is 1.40 bits per heavy atom. The van der Waals surface area contributed by atoms with Crippen molar-refractivity contribution >= 4 is 0 Å². The normalized spacial score (nSPS) is 2.40. The van der Waals surface area contributed by atoms with Crippen molar-refractivity contribution in [3.05, 3.63) is 0 Å². The summed E-state index contributed by atoms with van der Waals surface area (Å²) in [6.07, 6.45) is 0. The van der Waals surface area contributed by atoms with Crippen LogP contribution in [0.15, 0.2) is 0 Å². The summed E-state index contributed by atoms with van der Waals surface area (Å²) in [4.78, 5) is 0. The molecule has 0 N–H and O–H groups in total. The van der Waals surface area contributed by atoms with Crippen molar-refractivity contribution in [3.63, 3.8) is 0 Å². The van der Waals surface area contributed by atoms with E-state index in [9.17, 15) is 0 Å². The van der Waals surface area contributed by atoms with Crippen molar-refractivity contribution in [2.45, 2.75) is 0 Å². The van der Waals surface area contributed by atoms with E-state index >= 15 is 0 Å². The zero-order valence-electron chi connectivity index (χ0n) is 3.83. The van der Waals surface area contributed by atoms with Crippen molar-refractivity contribution in [2.24, 2.45) is 0 Å². The van der Waals surface area contributed by atoms with Gasteiger partial charge in [0, 0.05) is 0 Å². The third-order valence-corrected chi connectivity index (χ3v) is 0. The van der Waals surface area contributed by atoms with E-state index in [0.717, 1.165) is 0 Å². The maximum atomic E-state index is 8.44. The topological polar surface area (TPSA) is 34.1 Å². The molecule has 0 radical (unpaired) electrons. The van der Waals surface area contributed by atoms with Crippen LogP contribution in [-0.2, 0) is 53.1 Å². The van der Waals surface area contributed by atoms with Crippen LogP contribution in [0.1, 0.15) is 1.43 Å². The summed E-state index contributed by atoms with van der Waals surface area (Å²) in [5, 5.41) is 0. The van der Waals surface area contributed by atoms with E-state index < -0.39 is 0 Å². The Morgan fingerprint density at radius 3 is 1.40 bits per heavy atom. The Balaban J connectivity index is -0.00000000500. The fourth-order valence-corrected chi connectivity index (χ4v) is 0. The van der Waals surface area contributed by atoms with Crippen molar-refractivity contribution in [1.29, 1.82) is 0 Å². The standard InChI is InChI=1S/Ag.Hg.Li.2O.H/q;;+1;;;-1. The molecule has 2 nitrogen and oxygen atoms in total. The van der Waals surface area contributed by atoms with Gasteiger partial charge in [0.15, 0.2) is 0 Å². The quantitative estimate of drug-likeness (QED) is 0.434. The van der Waals surface area contributed by atoms with Gasteiger partial charge in [0.25, 0.3) is 0 Å². The second-order valence-corrected chi connectivity index (χ2v) is 0. The molecule has 0 aromatic rings. The number of rotatable bonds is 0. The van der Waals surface area contributed by atoms with Crippen LogP contribution in [0.3, 0.4) is 0 Å². The first-order valence-corrected chi connectivity index (χ1v) is 3.26. The molecule has 0 rings (SSSR count). The predicted octanol–water partition coefficient (Wildman–Crippen LogP) is -3.13. The van der Waals surface area contributed by atoms with Gasteiger partial charge in [0.2, 0.25) is 0 Å². The third kappa shape index (κ3) is 25.1. The molecule has 0 amide bonds. The first-order valence-electron chi connectivity index (χ1n) is 0.412. The van der Waals surface area contributed by atoms with Crippen LogP contribution < -0.4 is 18.9 Å². The Kier molecular flexibility index (Phi) is 126. The molecule has 5 heavy (non-hydrogen) atoms.